The normalized spacial score (nSPS) is 10.9. The Hall–Kier alpha value is -1.69. The van der Waals surface area contributed by atoms with Gasteiger partial charge in [-0.25, -0.2) is 9.97 Å². The van der Waals surface area contributed by atoms with E-state index in [0.29, 0.717) is 24.0 Å². The summed E-state index contributed by atoms with van der Waals surface area (Å²) in [4.78, 5) is 22.2. The summed E-state index contributed by atoms with van der Waals surface area (Å²) in [5.41, 5.74) is 0.491. The molecule has 20 heavy (non-hydrogen) atoms. The standard InChI is InChI=1S/C14H25N5O/c1-11(2)8-16-14-17-9-12(10-18-14)13(20)15-6-5-7-19(3)4/h9-11H,5-8H2,1-4H3,(H,15,20)(H,16,17,18). The van der Waals surface area contributed by atoms with Gasteiger partial charge in [0.15, 0.2) is 0 Å². The molecule has 0 radical (unpaired) electrons. The van der Waals surface area contributed by atoms with Gasteiger partial charge in [0, 0.05) is 25.5 Å². The van der Waals surface area contributed by atoms with Crippen molar-refractivity contribution < 1.29 is 4.79 Å². The van der Waals surface area contributed by atoms with Crippen LogP contribution in [0.2, 0.25) is 0 Å². The van der Waals surface area contributed by atoms with E-state index in [1.807, 2.05) is 14.1 Å². The van der Waals surface area contributed by atoms with Crippen molar-refractivity contribution in [3.8, 4) is 0 Å². The van der Waals surface area contributed by atoms with Gasteiger partial charge in [0.05, 0.1) is 5.56 Å². The molecule has 0 fully saturated rings. The lowest BCUT2D eigenvalue weighted by atomic mass is 10.2. The first-order valence-corrected chi connectivity index (χ1v) is 6.98. The van der Waals surface area contributed by atoms with Crippen LogP contribution in [0.3, 0.4) is 0 Å². The summed E-state index contributed by atoms with van der Waals surface area (Å²) in [6.07, 6.45) is 4.03. The quantitative estimate of drug-likeness (QED) is 0.700. The van der Waals surface area contributed by atoms with Crippen LogP contribution < -0.4 is 10.6 Å². The molecular weight excluding hydrogens is 254 g/mol. The second-order valence-electron chi connectivity index (χ2n) is 5.48. The number of nitrogens with one attached hydrogen (secondary N) is 2. The Morgan fingerprint density at radius 3 is 2.50 bits per heavy atom. The highest BCUT2D eigenvalue weighted by molar-refractivity contribution is 5.93. The molecule has 0 aliphatic heterocycles. The third-order valence-corrected chi connectivity index (χ3v) is 2.65. The zero-order chi connectivity index (χ0) is 15.0. The van der Waals surface area contributed by atoms with Crippen LogP contribution in [0.4, 0.5) is 5.95 Å². The predicted molar refractivity (Wildman–Crippen MR) is 80.9 cm³/mol. The number of hydrogen-bond acceptors (Lipinski definition) is 5. The summed E-state index contributed by atoms with van der Waals surface area (Å²) in [6, 6.07) is 0. The molecule has 0 unspecified atom stereocenters. The minimum atomic E-state index is -0.126. The number of amides is 1. The molecule has 1 aromatic rings. The zero-order valence-electron chi connectivity index (χ0n) is 12.8. The van der Waals surface area contributed by atoms with Crippen molar-refractivity contribution >= 4 is 11.9 Å². The molecule has 1 amide bonds. The molecule has 0 saturated carbocycles. The maximum Gasteiger partial charge on any atom is 0.254 e. The van der Waals surface area contributed by atoms with Crippen LogP contribution in [0.5, 0.6) is 0 Å². The molecule has 0 saturated heterocycles. The first-order valence-electron chi connectivity index (χ1n) is 6.98. The van der Waals surface area contributed by atoms with Crippen molar-refractivity contribution in [3.63, 3.8) is 0 Å². The van der Waals surface area contributed by atoms with Crippen molar-refractivity contribution in [2.45, 2.75) is 20.3 Å². The van der Waals surface area contributed by atoms with Gasteiger partial charge in [0.1, 0.15) is 0 Å². The Labute approximate surface area is 121 Å². The third kappa shape index (κ3) is 6.47. The van der Waals surface area contributed by atoms with E-state index >= 15 is 0 Å². The average Bonchev–Trinajstić information content (AvgIpc) is 2.41. The fourth-order valence-corrected chi connectivity index (χ4v) is 1.53. The number of carbonyl (C=O) groups excluding carboxylic acids is 1. The molecule has 6 nitrogen and oxygen atoms in total. The number of hydrogen-bond donors (Lipinski definition) is 2. The van der Waals surface area contributed by atoms with Gasteiger partial charge < -0.3 is 15.5 Å². The van der Waals surface area contributed by atoms with Gasteiger partial charge in [-0.2, -0.15) is 0 Å². The highest BCUT2D eigenvalue weighted by atomic mass is 16.1. The molecule has 0 aliphatic carbocycles. The van der Waals surface area contributed by atoms with Crippen molar-refractivity contribution in [2.75, 3.05) is 39.0 Å². The van der Waals surface area contributed by atoms with Crippen LogP contribution in [-0.2, 0) is 0 Å². The largest absolute Gasteiger partial charge is 0.354 e. The van der Waals surface area contributed by atoms with Gasteiger partial charge in [-0.3, -0.25) is 4.79 Å². The maximum absolute atomic E-state index is 11.8. The van der Waals surface area contributed by atoms with Crippen molar-refractivity contribution in [1.82, 2.24) is 20.2 Å². The number of aromatic nitrogens is 2. The van der Waals surface area contributed by atoms with Gasteiger partial charge in [-0.1, -0.05) is 13.8 Å². The van der Waals surface area contributed by atoms with Gasteiger partial charge in [-0.15, -0.1) is 0 Å². The van der Waals surface area contributed by atoms with E-state index < -0.39 is 0 Å². The fourth-order valence-electron chi connectivity index (χ4n) is 1.53. The summed E-state index contributed by atoms with van der Waals surface area (Å²) in [5, 5.41) is 5.97. The summed E-state index contributed by atoms with van der Waals surface area (Å²) in [5.74, 6) is 0.959. The molecule has 2 N–H and O–H groups in total. The monoisotopic (exact) mass is 279 g/mol. The van der Waals surface area contributed by atoms with Gasteiger partial charge in [-0.05, 0) is 33.0 Å². The van der Waals surface area contributed by atoms with Crippen LogP contribution in [0.25, 0.3) is 0 Å². The molecule has 0 aromatic carbocycles. The maximum atomic E-state index is 11.8. The molecule has 1 aromatic heterocycles. The molecule has 0 bridgehead atoms. The summed E-state index contributed by atoms with van der Waals surface area (Å²) >= 11 is 0. The van der Waals surface area contributed by atoms with Gasteiger partial charge >= 0.3 is 0 Å². The lowest BCUT2D eigenvalue weighted by Crippen LogP contribution is -2.27. The number of rotatable bonds is 8. The fraction of sp³-hybridized carbons (Fsp3) is 0.643. The number of nitrogens with zero attached hydrogens (tertiary/aromatic N) is 3. The molecule has 6 heteroatoms. The predicted octanol–water partition coefficient (Wildman–Crippen LogP) is 1.23. The molecule has 112 valence electrons. The third-order valence-electron chi connectivity index (χ3n) is 2.65. The highest BCUT2D eigenvalue weighted by Gasteiger charge is 2.06. The molecule has 1 rings (SSSR count). The van der Waals surface area contributed by atoms with Crippen LogP contribution in [0, 0.1) is 5.92 Å². The smallest absolute Gasteiger partial charge is 0.254 e. The topological polar surface area (TPSA) is 70.2 Å². The van der Waals surface area contributed by atoms with Crippen molar-refractivity contribution in [3.05, 3.63) is 18.0 Å². The van der Waals surface area contributed by atoms with Crippen LogP contribution in [0.1, 0.15) is 30.6 Å². The van der Waals surface area contributed by atoms with E-state index in [1.165, 1.54) is 0 Å². The van der Waals surface area contributed by atoms with Gasteiger partial charge in [0.25, 0.3) is 5.91 Å². The molecule has 0 spiro atoms. The summed E-state index contributed by atoms with van der Waals surface area (Å²) in [6.45, 7) is 6.65. The Morgan fingerprint density at radius 2 is 1.95 bits per heavy atom. The first-order chi connectivity index (χ1) is 9.49. The lowest BCUT2D eigenvalue weighted by molar-refractivity contribution is 0.0951. The summed E-state index contributed by atoms with van der Waals surface area (Å²) < 4.78 is 0. The van der Waals surface area contributed by atoms with Crippen LogP contribution >= 0.6 is 0 Å². The van der Waals surface area contributed by atoms with Crippen LogP contribution in [-0.4, -0.2) is 54.5 Å². The first kappa shape index (κ1) is 16.4. The number of anilines is 1. The van der Waals surface area contributed by atoms with Crippen molar-refractivity contribution in [1.29, 1.82) is 0 Å². The van der Waals surface area contributed by atoms with Crippen molar-refractivity contribution in [2.24, 2.45) is 5.92 Å². The highest BCUT2D eigenvalue weighted by Crippen LogP contribution is 2.02. The Bertz CT molecular complexity index is 403. The zero-order valence-corrected chi connectivity index (χ0v) is 12.8. The average molecular weight is 279 g/mol. The minimum Gasteiger partial charge on any atom is -0.354 e. The van der Waals surface area contributed by atoms with Gasteiger partial charge in [0.2, 0.25) is 5.95 Å². The second-order valence-corrected chi connectivity index (χ2v) is 5.48. The van der Waals surface area contributed by atoms with E-state index in [4.69, 9.17) is 0 Å². The van der Waals surface area contributed by atoms with E-state index in [2.05, 4.69) is 39.3 Å². The SMILES string of the molecule is CC(C)CNc1ncc(C(=O)NCCCN(C)C)cn1. The Morgan fingerprint density at radius 1 is 1.30 bits per heavy atom. The molecule has 0 atom stereocenters. The van der Waals surface area contributed by atoms with E-state index in [1.54, 1.807) is 12.4 Å². The van der Waals surface area contributed by atoms with E-state index in [-0.39, 0.29) is 5.91 Å². The molecule has 1 heterocycles. The Kier molecular flexibility index (Phi) is 6.93. The van der Waals surface area contributed by atoms with E-state index in [0.717, 1.165) is 19.5 Å². The molecule has 0 aliphatic rings. The minimum absolute atomic E-state index is 0.126. The van der Waals surface area contributed by atoms with Crippen LogP contribution in [0.15, 0.2) is 12.4 Å². The lowest BCUT2D eigenvalue weighted by Gasteiger charge is -2.10. The second kappa shape index (κ2) is 8.47. The Balaban J connectivity index is 2.37. The number of carbonyl (C=O) groups is 1. The summed E-state index contributed by atoms with van der Waals surface area (Å²) in [7, 11) is 4.02. The van der Waals surface area contributed by atoms with E-state index in [9.17, 15) is 4.79 Å². The molecular formula is C14H25N5O.